The molecule has 5 heteroatoms. The molecule has 1 aliphatic rings. The zero-order valence-corrected chi connectivity index (χ0v) is 13.6. The summed E-state index contributed by atoms with van der Waals surface area (Å²) in [5.74, 6) is 7.48. The van der Waals surface area contributed by atoms with Crippen molar-refractivity contribution in [2.24, 2.45) is 17.7 Å². The Hall–Kier alpha value is -0.910. The third kappa shape index (κ3) is 3.47. The first-order chi connectivity index (χ1) is 10.3. The molecule has 0 saturated heterocycles. The average molecular weight is 306 g/mol. The minimum Gasteiger partial charge on any atom is -0.297 e. The highest BCUT2D eigenvalue weighted by atomic mass is 32.1. The number of imidazole rings is 1. The molecule has 4 nitrogen and oxygen atoms in total. The van der Waals surface area contributed by atoms with Gasteiger partial charge in [-0.05, 0) is 24.7 Å². The molecule has 1 atom stereocenters. The summed E-state index contributed by atoms with van der Waals surface area (Å²) in [6.45, 7) is 2.29. The van der Waals surface area contributed by atoms with Crippen LogP contribution in [-0.2, 0) is 6.42 Å². The van der Waals surface area contributed by atoms with E-state index in [-0.39, 0.29) is 0 Å². The van der Waals surface area contributed by atoms with Crippen LogP contribution in [0.4, 0.5) is 0 Å². The maximum absolute atomic E-state index is 5.83. The van der Waals surface area contributed by atoms with Crippen molar-refractivity contribution in [1.29, 1.82) is 0 Å². The number of fused-ring (bicyclic) bond motifs is 1. The molecule has 3 rings (SSSR count). The Morgan fingerprint density at radius 3 is 2.90 bits per heavy atom. The molecule has 0 radical (unpaired) electrons. The van der Waals surface area contributed by atoms with Crippen LogP contribution in [0.2, 0.25) is 0 Å². The van der Waals surface area contributed by atoms with Gasteiger partial charge in [-0.3, -0.25) is 15.7 Å². The topological polar surface area (TPSA) is 55.3 Å². The number of nitrogens with zero attached hydrogens (tertiary/aromatic N) is 2. The zero-order chi connectivity index (χ0) is 14.7. The first-order valence-electron chi connectivity index (χ1n) is 8.17. The second-order valence-corrected chi connectivity index (χ2v) is 7.24. The molecule has 0 bridgehead atoms. The van der Waals surface area contributed by atoms with E-state index in [1.165, 1.54) is 38.5 Å². The SMILES string of the molecule is CCCC1CCC(C(Cc2cn3ccsc3n2)NN)CC1. The third-order valence-corrected chi connectivity index (χ3v) is 5.71. The summed E-state index contributed by atoms with van der Waals surface area (Å²) in [6, 6.07) is 0.359. The van der Waals surface area contributed by atoms with Crippen LogP contribution in [0.3, 0.4) is 0 Å². The standard InChI is InChI=1S/C16H26N4S/c1-2-3-12-4-6-13(7-5-12)15(19-17)10-14-11-20-8-9-21-16(20)18-14/h8-9,11-13,15,19H,2-7,10,17H2,1H3. The Labute approximate surface area is 130 Å². The van der Waals surface area contributed by atoms with Crippen LogP contribution in [0.15, 0.2) is 17.8 Å². The van der Waals surface area contributed by atoms with E-state index in [9.17, 15) is 0 Å². The Morgan fingerprint density at radius 2 is 2.24 bits per heavy atom. The summed E-state index contributed by atoms with van der Waals surface area (Å²) in [6.07, 6.45) is 13.2. The van der Waals surface area contributed by atoms with Crippen LogP contribution in [0.1, 0.15) is 51.1 Å². The van der Waals surface area contributed by atoms with Crippen LogP contribution >= 0.6 is 11.3 Å². The first kappa shape index (κ1) is 15.0. The Bertz CT molecular complexity index is 525. The van der Waals surface area contributed by atoms with Gasteiger partial charge in [0.15, 0.2) is 4.96 Å². The van der Waals surface area contributed by atoms with E-state index in [1.807, 2.05) is 0 Å². The smallest absolute Gasteiger partial charge is 0.193 e. The number of hydrogen-bond donors (Lipinski definition) is 2. The quantitative estimate of drug-likeness (QED) is 0.635. The predicted molar refractivity (Wildman–Crippen MR) is 88.2 cm³/mol. The second kappa shape index (κ2) is 6.90. The summed E-state index contributed by atoms with van der Waals surface area (Å²) in [5.41, 5.74) is 4.21. The number of rotatable bonds is 6. The summed E-state index contributed by atoms with van der Waals surface area (Å²) < 4.78 is 2.10. The van der Waals surface area contributed by atoms with Crippen LogP contribution in [-0.4, -0.2) is 15.4 Å². The monoisotopic (exact) mass is 306 g/mol. The number of nitrogens with one attached hydrogen (secondary N) is 1. The van der Waals surface area contributed by atoms with Gasteiger partial charge in [-0.25, -0.2) is 4.98 Å². The van der Waals surface area contributed by atoms with Crippen molar-refractivity contribution >= 4 is 16.3 Å². The van der Waals surface area contributed by atoms with Crippen molar-refractivity contribution in [2.75, 3.05) is 0 Å². The van der Waals surface area contributed by atoms with E-state index in [0.717, 1.165) is 23.0 Å². The van der Waals surface area contributed by atoms with E-state index >= 15 is 0 Å². The summed E-state index contributed by atoms with van der Waals surface area (Å²) >= 11 is 1.68. The van der Waals surface area contributed by atoms with Gasteiger partial charge in [-0.2, -0.15) is 0 Å². The van der Waals surface area contributed by atoms with Gasteiger partial charge in [0.05, 0.1) is 5.69 Å². The van der Waals surface area contributed by atoms with Crippen molar-refractivity contribution in [3.63, 3.8) is 0 Å². The molecule has 21 heavy (non-hydrogen) atoms. The molecule has 0 aromatic carbocycles. The van der Waals surface area contributed by atoms with Gasteiger partial charge < -0.3 is 0 Å². The lowest BCUT2D eigenvalue weighted by Crippen LogP contribution is -2.43. The normalized spacial score (nSPS) is 24.5. The molecule has 1 fully saturated rings. The van der Waals surface area contributed by atoms with Crippen LogP contribution in [0.5, 0.6) is 0 Å². The zero-order valence-electron chi connectivity index (χ0n) is 12.8. The van der Waals surface area contributed by atoms with Gasteiger partial charge in [0.25, 0.3) is 0 Å². The number of thiazole rings is 1. The molecule has 2 heterocycles. The lowest BCUT2D eigenvalue weighted by Gasteiger charge is -2.33. The molecule has 0 aliphatic heterocycles. The number of aromatic nitrogens is 2. The molecular formula is C16H26N4S. The fraction of sp³-hybridized carbons (Fsp3) is 0.688. The fourth-order valence-electron chi connectivity index (χ4n) is 3.75. The first-order valence-corrected chi connectivity index (χ1v) is 9.05. The molecule has 3 N–H and O–H groups in total. The van der Waals surface area contributed by atoms with E-state index < -0.39 is 0 Å². The molecule has 1 saturated carbocycles. The second-order valence-electron chi connectivity index (χ2n) is 6.37. The Kier molecular flexibility index (Phi) is 4.93. The fourth-order valence-corrected chi connectivity index (χ4v) is 4.47. The summed E-state index contributed by atoms with van der Waals surface area (Å²) in [5, 5.41) is 2.07. The molecule has 116 valence electrons. The molecule has 2 aromatic heterocycles. The lowest BCUT2D eigenvalue weighted by atomic mass is 9.76. The number of nitrogens with two attached hydrogens (primary N) is 1. The molecule has 0 amide bonds. The van der Waals surface area contributed by atoms with E-state index in [2.05, 4.69) is 39.5 Å². The van der Waals surface area contributed by atoms with E-state index in [0.29, 0.717) is 12.0 Å². The number of hydrogen-bond acceptors (Lipinski definition) is 4. The van der Waals surface area contributed by atoms with Crippen molar-refractivity contribution in [3.05, 3.63) is 23.5 Å². The summed E-state index contributed by atoms with van der Waals surface area (Å²) in [4.78, 5) is 5.76. The molecule has 1 aliphatic carbocycles. The molecule has 0 spiro atoms. The van der Waals surface area contributed by atoms with Gasteiger partial charge in [0.2, 0.25) is 0 Å². The van der Waals surface area contributed by atoms with Crippen molar-refractivity contribution in [3.8, 4) is 0 Å². The minimum absolute atomic E-state index is 0.359. The van der Waals surface area contributed by atoms with E-state index in [4.69, 9.17) is 5.84 Å². The maximum atomic E-state index is 5.83. The van der Waals surface area contributed by atoms with E-state index in [1.54, 1.807) is 11.3 Å². The van der Waals surface area contributed by atoms with Gasteiger partial charge in [0, 0.05) is 30.2 Å². The predicted octanol–water partition coefficient (Wildman–Crippen LogP) is 3.38. The highest BCUT2D eigenvalue weighted by molar-refractivity contribution is 7.15. The minimum atomic E-state index is 0.359. The molecule has 1 unspecified atom stereocenters. The summed E-state index contributed by atoms with van der Waals surface area (Å²) in [7, 11) is 0. The van der Waals surface area contributed by atoms with Crippen LogP contribution in [0, 0.1) is 11.8 Å². The van der Waals surface area contributed by atoms with Gasteiger partial charge >= 0.3 is 0 Å². The van der Waals surface area contributed by atoms with Crippen LogP contribution < -0.4 is 11.3 Å². The Morgan fingerprint density at radius 1 is 1.43 bits per heavy atom. The largest absolute Gasteiger partial charge is 0.297 e. The van der Waals surface area contributed by atoms with Gasteiger partial charge in [0.1, 0.15) is 0 Å². The van der Waals surface area contributed by atoms with Crippen molar-refractivity contribution in [1.82, 2.24) is 14.8 Å². The maximum Gasteiger partial charge on any atom is 0.193 e. The van der Waals surface area contributed by atoms with Gasteiger partial charge in [-0.15, -0.1) is 11.3 Å². The van der Waals surface area contributed by atoms with Crippen molar-refractivity contribution < 1.29 is 0 Å². The lowest BCUT2D eigenvalue weighted by molar-refractivity contribution is 0.212. The average Bonchev–Trinajstić information content (AvgIpc) is 3.07. The molecule has 2 aromatic rings. The Balaban J connectivity index is 1.59. The third-order valence-electron chi connectivity index (χ3n) is 4.94. The van der Waals surface area contributed by atoms with Crippen molar-refractivity contribution in [2.45, 2.75) is 57.9 Å². The van der Waals surface area contributed by atoms with Crippen LogP contribution in [0.25, 0.3) is 4.96 Å². The highest BCUT2D eigenvalue weighted by Crippen LogP contribution is 2.33. The van der Waals surface area contributed by atoms with Gasteiger partial charge in [-0.1, -0.05) is 32.6 Å². The molecular weight excluding hydrogens is 280 g/mol. The number of hydrazine groups is 1. The highest BCUT2D eigenvalue weighted by Gasteiger charge is 2.27.